The topological polar surface area (TPSA) is 48.4 Å². The van der Waals surface area contributed by atoms with Crippen molar-refractivity contribution in [3.63, 3.8) is 0 Å². The van der Waals surface area contributed by atoms with Crippen molar-refractivity contribution in [1.29, 1.82) is 5.41 Å². The molecule has 0 radical (unpaired) electrons. The molecule has 0 saturated heterocycles. The highest BCUT2D eigenvalue weighted by molar-refractivity contribution is 6.00. The van der Waals surface area contributed by atoms with E-state index in [9.17, 15) is 0 Å². The van der Waals surface area contributed by atoms with Crippen LogP contribution in [0.2, 0.25) is 0 Å². The molecule has 0 aromatic rings. The molecule has 1 unspecified atom stereocenters. The molecule has 2 heterocycles. The first kappa shape index (κ1) is 12.5. The Labute approximate surface area is 108 Å². The summed E-state index contributed by atoms with van der Waals surface area (Å²) in [7, 11) is 3.87. The van der Waals surface area contributed by atoms with Gasteiger partial charge in [0.25, 0.3) is 0 Å². The maximum Gasteiger partial charge on any atom is 0.136 e. The van der Waals surface area contributed by atoms with Gasteiger partial charge >= 0.3 is 0 Å². The van der Waals surface area contributed by atoms with Gasteiger partial charge in [-0.25, -0.2) is 0 Å². The molecular weight excluding hydrogens is 226 g/mol. The first-order valence-corrected chi connectivity index (χ1v) is 5.99. The number of fused-ring (bicyclic) bond motifs is 1. The summed E-state index contributed by atoms with van der Waals surface area (Å²) in [6.07, 6.45) is 8.01. The fourth-order valence-electron chi connectivity index (χ4n) is 2.17. The molecule has 1 atom stereocenters. The van der Waals surface area contributed by atoms with Gasteiger partial charge in [0, 0.05) is 25.5 Å². The van der Waals surface area contributed by atoms with Crippen LogP contribution in [0.1, 0.15) is 13.8 Å². The third-order valence-electron chi connectivity index (χ3n) is 3.22. The van der Waals surface area contributed by atoms with Crippen LogP contribution < -0.4 is 5.32 Å². The van der Waals surface area contributed by atoms with E-state index in [2.05, 4.69) is 16.3 Å². The minimum atomic E-state index is 0.143. The lowest BCUT2D eigenvalue weighted by atomic mass is 10.1. The molecule has 2 aliphatic heterocycles. The Kier molecular flexibility index (Phi) is 3.28. The van der Waals surface area contributed by atoms with Crippen molar-refractivity contribution in [3.05, 3.63) is 47.2 Å². The second-order valence-electron chi connectivity index (χ2n) is 4.53. The lowest BCUT2D eigenvalue weighted by molar-refractivity contribution is 0.280. The van der Waals surface area contributed by atoms with E-state index in [1.54, 1.807) is 6.92 Å². The van der Waals surface area contributed by atoms with Gasteiger partial charge in [0.05, 0.1) is 5.57 Å². The molecule has 0 aromatic carbocycles. The third kappa shape index (κ3) is 2.06. The smallest absolute Gasteiger partial charge is 0.136 e. The predicted molar refractivity (Wildman–Crippen MR) is 73.1 cm³/mol. The van der Waals surface area contributed by atoms with Gasteiger partial charge in [-0.3, -0.25) is 0 Å². The van der Waals surface area contributed by atoms with E-state index in [1.165, 1.54) is 0 Å². The number of rotatable bonds is 3. The number of hydrogen-bond donors (Lipinski definition) is 2. The van der Waals surface area contributed by atoms with Gasteiger partial charge in [0.2, 0.25) is 0 Å². The lowest BCUT2D eigenvalue weighted by Crippen LogP contribution is -2.26. The van der Waals surface area contributed by atoms with E-state index < -0.39 is 0 Å². The van der Waals surface area contributed by atoms with Gasteiger partial charge in [0.1, 0.15) is 17.6 Å². The van der Waals surface area contributed by atoms with Crippen molar-refractivity contribution >= 4 is 5.71 Å². The molecule has 0 spiro atoms. The van der Waals surface area contributed by atoms with Crippen molar-refractivity contribution in [2.75, 3.05) is 14.1 Å². The summed E-state index contributed by atoms with van der Waals surface area (Å²) in [5.74, 6) is 1.68. The Morgan fingerprint density at radius 2 is 2.17 bits per heavy atom. The van der Waals surface area contributed by atoms with Crippen molar-refractivity contribution in [2.45, 2.75) is 19.9 Å². The molecule has 2 rings (SSSR count). The zero-order valence-electron chi connectivity index (χ0n) is 11.2. The summed E-state index contributed by atoms with van der Waals surface area (Å²) in [6.45, 7) is 3.73. The molecule has 4 heteroatoms. The van der Waals surface area contributed by atoms with Gasteiger partial charge in [-0.1, -0.05) is 0 Å². The Morgan fingerprint density at radius 1 is 1.44 bits per heavy atom. The summed E-state index contributed by atoms with van der Waals surface area (Å²) in [6, 6.07) is 0.143. The number of nitrogens with one attached hydrogen (secondary N) is 2. The molecule has 0 aromatic heterocycles. The molecule has 2 aliphatic rings. The van der Waals surface area contributed by atoms with Gasteiger partial charge in [-0.05, 0) is 38.3 Å². The zero-order chi connectivity index (χ0) is 13.3. The van der Waals surface area contributed by atoms with Crippen LogP contribution in [0, 0.1) is 5.41 Å². The van der Waals surface area contributed by atoms with Crippen molar-refractivity contribution < 1.29 is 4.74 Å². The third-order valence-corrected chi connectivity index (χ3v) is 3.22. The second kappa shape index (κ2) is 4.72. The van der Waals surface area contributed by atoms with E-state index in [4.69, 9.17) is 10.1 Å². The monoisotopic (exact) mass is 245 g/mol. The summed E-state index contributed by atoms with van der Waals surface area (Å²) in [5, 5.41) is 11.0. The molecule has 0 amide bonds. The van der Waals surface area contributed by atoms with Gasteiger partial charge < -0.3 is 20.4 Å². The quantitative estimate of drug-likeness (QED) is 0.749. The van der Waals surface area contributed by atoms with Crippen LogP contribution in [0.3, 0.4) is 0 Å². The average Bonchev–Trinajstić information content (AvgIpc) is 2.73. The number of nitrogens with zero attached hydrogens (tertiary/aromatic N) is 1. The number of hydrogen-bond acceptors (Lipinski definition) is 4. The van der Waals surface area contributed by atoms with Crippen LogP contribution in [0.15, 0.2) is 47.2 Å². The second-order valence-corrected chi connectivity index (χ2v) is 4.53. The van der Waals surface area contributed by atoms with Crippen LogP contribution in [-0.2, 0) is 4.74 Å². The van der Waals surface area contributed by atoms with E-state index in [0.29, 0.717) is 5.71 Å². The Bertz CT molecular complexity index is 497. The Hall–Kier alpha value is -1.97. The van der Waals surface area contributed by atoms with Gasteiger partial charge in [-0.2, -0.15) is 0 Å². The minimum Gasteiger partial charge on any atom is -0.459 e. The highest BCUT2D eigenvalue weighted by Gasteiger charge is 2.29. The molecule has 4 nitrogen and oxygen atoms in total. The SMILES string of the molecule is CN/C(C)=C(\C(C)=N)C1=CC2C(=CC=CN2C)O1. The van der Waals surface area contributed by atoms with E-state index in [0.717, 1.165) is 22.8 Å². The van der Waals surface area contributed by atoms with Crippen LogP contribution in [0.5, 0.6) is 0 Å². The van der Waals surface area contributed by atoms with E-state index >= 15 is 0 Å². The molecule has 2 N–H and O–H groups in total. The molecule has 0 bridgehead atoms. The minimum absolute atomic E-state index is 0.143. The molecule has 96 valence electrons. The van der Waals surface area contributed by atoms with E-state index in [1.807, 2.05) is 39.4 Å². The summed E-state index contributed by atoms with van der Waals surface area (Å²) >= 11 is 0. The van der Waals surface area contributed by atoms with Gasteiger partial charge in [-0.15, -0.1) is 0 Å². The van der Waals surface area contributed by atoms with E-state index in [-0.39, 0.29) is 6.04 Å². The van der Waals surface area contributed by atoms with Crippen LogP contribution in [-0.4, -0.2) is 30.7 Å². The Morgan fingerprint density at radius 3 is 2.72 bits per heavy atom. The highest BCUT2D eigenvalue weighted by atomic mass is 16.5. The normalized spacial score (nSPS) is 22.7. The first-order valence-electron chi connectivity index (χ1n) is 5.99. The number of likely N-dealkylation sites (N-methyl/N-ethyl adjacent to an activating group) is 1. The molecule has 18 heavy (non-hydrogen) atoms. The van der Waals surface area contributed by atoms with Crippen LogP contribution in [0.4, 0.5) is 0 Å². The lowest BCUT2D eigenvalue weighted by Gasteiger charge is -2.23. The summed E-state index contributed by atoms with van der Waals surface area (Å²) in [5.41, 5.74) is 2.28. The molecule has 0 fully saturated rings. The van der Waals surface area contributed by atoms with Gasteiger partial charge in [0.15, 0.2) is 0 Å². The first-order chi connectivity index (χ1) is 8.54. The Balaban J connectivity index is 2.37. The van der Waals surface area contributed by atoms with Crippen molar-refractivity contribution in [1.82, 2.24) is 10.2 Å². The zero-order valence-corrected chi connectivity index (χ0v) is 11.2. The maximum absolute atomic E-state index is 7.89. The summed E-state index contributed by atoms with van der Waals surface area (Å²) in [4.78, 5) is 2.09. The van der Waals surface area contributed by atoms with Crippen LogP contribution in [0.25, 0.3) is 0 Å². The molecular formula is C14H19N3O. The standard InChI is InChI=1S/C14H19N3O/c1-9(15)14(10(2)16-3)13-8-11-12(18-13)6-5-7-17(11)4/h5-8,11,15-16H,1-4H3/b14-10+,15-9?. The average molecular weight is 245 g/mol. The van der Waals surface area contributed by atoms with Crippen LogP contribution >= 0.6 is 0 Å². The molecule has 0 aliphatic carbocycles. The largest absolute Gasteiger partial charge is 0.459 e. The van der Waals surface area contributed by atoms with Crippen molar-refractivity contribution in [3.8, 4) is 0 Å². The number of allylic oxidation sites excluding steroid dienone is 4. The molecule has 0 saturated carbocycles. The van der Waals surface area contributed by atoms with Crippen molar-refractivity contribution in [2.24, 2.45) is 0 Å². The fraction of sp³-hybridized carbons (Fsp3) is 0.357. The maximum atomic E-state index is 7.89. The predicted octanol–water partition coefficient (Wildman–Crippen LogP) is 2.15. The fourth-order valence-corrected chi connectivity index (χ4v) is 2.17. The summed E-state index contributed by atoms with van der Waals surface area (Å²) < 4.78 is 5.87. The number of ether oxygens (including phenoxy) is 1. The highest BCUT2D eigenvalue weighted by Crippen LogP contribution is 2.32.